The molecule has 0 amide bonds. The van der Waals surface area contributed by atoms with Crippen molar-refractivity contribution in [3.63, 3.8) is 0 Å². The van der Waals surface area contributed by atoms with Crippen LogP contribution in [0.25, 0.3) is 11.0 Å². The number of ether oxygens (including phenoxy) is 1. The topological polar surface area (TPSA) is 59.0 Å². The van der Waals surface area contributed by atoms with Gasteiger partial charge >= 0.3 is 5.69 Å². The van der Waals surface area contributed by atoms with E-state index < -0.39 is 6.17 Å². The largest absolute Gasteiger partial charge is 0.375 e. The molecule has 6 heteroatoms. The maximum atomic E-state index is 13.8. The van der Waals surface area contributed by atoms with E-state index in [0.717, 1.165) is 36.8 Å². The molecule has 24 heavy (non-hydrogen) atoms. The minimum Gasteiger partial charge on any atom is -0.375 e. The number of hydrogen-bond acceptors (Lipinski definition) is 3. The van der Waals surface area contributed by atoms with E-state index in [-0.39, 0.29) is 11.8 Å². The first-order valence-corrected chi connectivity index (χ1v) is 8.77. The molecule has 1 aromatic heterocycles. The third kappa shape index (κ3) is 2.78. The number of aromatic nitrogens is 2. The maximum absolute atomic E-state index is 13.8. The number of nitrogens with zero attached hydrogens (tertiary/aromatic N) is 1. The number of aryl methyl sites for hydroxylation is 1. The van der Waals surface area contributed by atoms with Gasteiger partial charge in [0.2, 0.25) is 0 Å². The number of halogens is 1. The molecule has 1 aromatic carbocycles. The second-order valence-corrected chi connectivity index (χ2v) is 7.15. The summed E-state index contributed by atoms with van der Waals surface area (Å²) >= 11 is 0. The number of nitrogens with one attached hydrogen (secondary N) is 2. The fourth-order valence-corrected chi connectivity index (χ4v) is 4.04. The molecule has 1 aliphatic carbocycles. The predicted molar refractivity (Wildman–Crippen MR) is 91.1 cm³/mol. The molecule has 2 atom stereocenters. The van der Waals surface area contributed by atoms with Gasteiger partial charge in [-0.05, 0) is 49.3 Å². The molecule has 130 valence electrons. The number of H-pyrrole nitrogens is 1. The van der Waals surface area contributed by atoms with E-state index in [1.54, 1.807) is 4.57 Å². The number of benzene rings is 1. The van der Waals surface area contributed by atoms with Crippen LogP contribution in [0.15, 0.2) is 23.0 Å². The third-order valence-corrected chi connectivity index (χ3v) is 5.52. The standard InChI is InChI=1S/C18H24FN3O2/c1-22-17-13(3-2-4-15(17)21-18(22)23)12-7-11(8-12)10-24-16-5-6-20-9-14(16)19/h2-4,11-12,14,16,20H,5-10H2,1H3,(H,21,23)/t11?,12?,14-,16-/m0/s1. The zero-order valence-corrected chi connectivity index (χ0v) is 13.9. The van der Waals surface area contributed by atoms with Crippen molar-refractivity contribution >= 4 is 11.0 Å². The van der Waals surface area contributed by atoms with Gasteiger partial charge in [-0.2, -0.15) is 0 Å². The SMILES string of the molecule is Cn1c(=O)[nH]c2cccc(C3CC(CO[C@H]4CCNC[C@@H]4F)C3)c21. The average Bonchev–Trinajstić information content (AvgIpc) is 2.83. The van der Waals surface area contributed by atoms with Crippen molar-refractivity contribution in [3.05, 3.63) is 34.2 Å². The lowest BCUT2D eigenvalue weighted by Crippen LogP contribution is -2.44. The van der Waals surface area contributed by atoms with Crippen LogP contribution in [-0.4, -0.2) is 41.5 Å². The van der Waals surface area contributed by atoms with Crippen molar-refractivity contribution in [3.8, 4) is 0 Å². The minimum atomic E-state index is -0.891. The van der Waals surface area contributed by atoms with Crippen molar-refractivity contribution in [1.29, 1.82) is 0 Å². The van der Waals surface area contributed by atoms with Gasteiger partial charge in [0.1, 0.15) is 6.17 Å². The molecule has 2 aliphatic rings. The highest BCUT2D eigenvalue weighted by Crippen LogP contribution is 2.43. The van der Waals surface area contributed by atoms with Crippen LogP contribution >= 0.6 is 0 Å². The molecule has 2 aromatic rings. The second kappa shape index (κ2) is 6.33. The summed E-state index contributed by atoms with van der Waals surface area (Å²) in [6, 6.07) is 6.06. The normalized spacial score (nSPS) is 30.4. The molecule has 0 spiro atoms. The molecule has 4 rings (SSSR count). The van der Waals surface area contributed by atoms with Crippen molar-refractivity contribution in [2.75, 3.05) is 19.7 Å². The smallest absolute Gasteiger partial charge is 0.326 e. The van der Waals surface area contributed by atoms with Crippen LogP contribution < -0.4 is 11.0 Å². The molecular weight excluding hydrogens is 309 g/mol. The van der Waals surface area contributed by atoms with Crippen LogP contribution in [-0.2, 0) is 11.8 Å². The summed E-state index contributed by atoms with van der Waals surface area (Å²) in [5.74, 6) is 0.946. The Morgan fingerprint density at radius 3 is 3.00 bits per heavy atom. The lowest BCUT2D eigenvalue weighted by molar-refractivity contribution is -0.0460. The number of rotatable bonds is 4. The number of aromatic amines is 1. The van der Waals surface area contributed by atoms with Crippen LogP contribution in [0.2, 0.25) is 0 Å². The highest BCUT2D eigenvalue weighted by atomic mass is 19.1. The molecule has 2 heterocycles. The van der Waals surface area contributed by atoms with Crippen molar-refractivity contribution in [2.24, 2.45) is 13.0 Å². The molecule has 1 aliphatic heterocycles. The summed E-state index contributed by atoms with van der Waals surface area (Å²) in [6.07, 6.45) is 1.69. The Balaban J connectivity index is 1.38. The molecule has 2 fully saturated rings. The molecule has 1 saturated carbocycles. The van der Waals surface area contributed by atoms with Gasteiger partial charge in [-0.15, -0.1) is 0 Å². The Bertz CT molecular complexity index is 778. The Kier molecular flexibility index (Phi) is 4.18. The summed E-state index contributed by atoms with van der Waals surface area (Å²) < 4.78 is 21.3. The van der Waals surface area contributed by atoms with Crippen LogP contribution in [0.1, 0.15) is 30.7 Å². The zero-order valence-electron chi connectivity index (χ0n) is 13.9. The van der Waals surface area contributed by atoms with E-state index in [2.05, 4.69) is 16.4 Å². The first-order chi connectivity index (χ1) is 11.6. The Labute approximate surface area is 140 Å². The molecule has 0 bridgehead atoms. The van der Waals surface area contributed by atoms with E-state index in [4.69, 9.17) is 4.74 Å². The zero-order chi connectivity index (χ0) is 16.7. The average molecular weight is 333 g/mol. The van der Waals surface area contributed by atoms with Crippen molar-refractivity contribution < 1.29 is 9.13 Å². The van der Waals surface area contributed by atoms with E-state index in [9.17, 15) is 9.18 Å². The Morgan fingerprint density at radius 1 is 1.38 bits per heavy atom. The number of piperidine rings is 1. The van der Waals surface area contributed by atoms with Crippen LogP contribution in [0.3, 0.4) is 0 Å². The lowest BCUT2D eigenvalue weighted by Gasteiger charge is -2.37. The minimum absolute atomic E-state index is 0.0726. The van der Waals surface area contributed by atoms with Gasteiger partial charge in [0.15, 0.2) is 0 Å². The number of fused-ring (bicyclic) bond motifs is 1. The fourth-order valence-electron chi connectivity index (χ4n) is 4.04. The van der Waals surface area contributed by atoms with Crippen molar-refractivity contribution in [1.82, 2.24) is 14.9 Å². The van der Waals surface area contributed by atoms with E-state index >= 15 is 0 Å². The van der Waals surface area contributed by atoms with E-state index in [1.165, 1.54) is 5.56 Å². The highest BCUT2D eigenvalue weighted by molar-refractivity contribution is 5.79. The van der Waals surface area contributed by atoms with E-state index in [1.807, 2.05) is 19.2 Å². The summed E-state index contributed by atoms with van der Waals surface area (Å²) in [5.41, 5.74) is 3.06. The first kappa shape index (κ1) is 15.8. The quantitative estimate of drug-likeness (QED) is 0.901. The summed E-state index contributed by atoms with van der Waals surface area (Å²) in [4.78, 5) is 14.7. The molecule has 1 saturated heterocycles. The number of alkyl halides is 1. The molecule has 2 N–H and O–H groups in total. The fraction of sp³-hybridized carbons (Fsp3) is 0.611. The molecule has 5 nitrogen and oxygen atoms in total. The summed E-state index contributed by atoms with van der Waals surface area (Å²) in [5, 5.41) is 3.05. The molecule has 0 unspecified atom stereocenters. The Hall–Kier alpha value is -1.66. The van der Waals surface area contributed by atoms with Crippen LogP contribution in [0.4, 0.5) is 4.39 Å². The highest BCUT2D eigenvalue weighted by Gasteiger charge is 2.34. The molecular formula is C18H24FN3O2. The van der Waals surface area contributed by atoms with Gasteiger partial charge in [0, 0.05) is 20.2 Å². The van der Waals surface area contributed by atoms with Gasteiger partial charge in [-0.25, -0.2) is 9.18 Å². The van der Waals surface area contributed by atoms with Gasteiger partial charge in [-0.3, -0.25) is 4.57 Å². The second-order valence-electron chi connectivity index (χ2n) is 7.15. The van der Waals surface area contributed by atoms with Crippen LogP contribution in [0.5, 0.6) is 0 Å². The van der Waals surface area contributed by atoms with Crippen molar-refractivity contribution in [2.45, 2.75) is 37.5 Å². The van der Waals surface area contributed by atoms with Crippen LogP contribution in [0, 0.1) is 5.92 Å². The van der Waals surface area contributed by atoms with Gasteiger partial charge in [0.25, 0.3) is 0 Å². The Morgan fingerprint density at radius 2 is 2.21 bits per heavy atom. The summed E-state index contributed by atoms with van der Waals surface area (Å²) in [6.45, 7) is 1.88. The lowest BCUT2D eigenvalue weighted by atomic mass is 9.71. The van der Waals surface area contributed by atoms with E-state index in [0.29, 0.717) is 25.0 Å². The first-order valence-electron chi connectivity index (χ1n) is 8.77. The summed E-state index contributed by atoms with van der Waals surface area (Å²) in [7, 11) is 1.81. The van der Waals surface area contributed by atoms with Gasteiger partial charge in [-0.1, -0.05) is 12.1 Å². The third-order valence-electron chi connectivity index (χ3n) is 5.52. The molecule has 0 radical (unpaired) electrons. The predicted octanol–water partition coefficient (Wildman–Crippen LogP) is 2.08. The monoisotopic (exact) mass is 333 g/mol. The number of para-hydroxylation sites is 1. The number of imidazole rings is 1. The maximum Gasteiger partial charge on any atom is 0.326 e. The van der Waals surface area contributed by atoms with Gasteiger partial charge in [0.05, 0.1) is 17.1 Å². The van der Waals surface area contributed by atoms with Gasteiger partial charge < -0.3 is 15.0 Å². The number of hydrogen-bond donors (Lipinski definition) is 2.